The Morgan fingerprint density at radius 1 is 1.00 bits per heavy atom. The minimum Gasteiger partial charge on any atom is -0.436 e. The smallest absolute Gasteiger partial charge is 0.228 e. The summed E-state index contributed by atoms with van der Waals surface area (Å²) < 4.78 is 7.55. The zero-order valence-electron chi connectivity index (χ0n) is 11.6. The van der Waals surface area contributed by atoms with Crippen LogP contribution < -0.4 is 5.73 Å². The molecule has 2 heterocycles. The highest BCUT2D eigenvalue weighted by Crippen LogP contribution is 2.35. The van der Waals surface area contributed by atoms with Crippen molar-refractivity contribution in [1.29, 1.82) is 0 Å². The molecule has 2 aromatic heterocycles. The van der Waals surface area contributed by atoms with Gasteiger partial charge in [0.05, 0.1) is 27.0 Å². The van der Waals surface area contributed by atoms with E-state index in [1.165, 1.54) is 0 Å². The fourth-order valence-electron chi connectivity index (χ4n) is 2.26. The molecule has 0 amide bonds. The van der Waals surface area contributed by atoms with Crippen LogP contribution in [0.1, 0.15) is 0 Å². The molecule has 6 nitrogen and oxygen atoms in total. The first-order valence-corrected chi connectivity index (χ1v) is 7.38. The first-order chi connectivity index (χ1) is 11.1. The Kier molecular flexibility index (Phi) is 3.21. The van der Waals surface area contributed by atoms with Gasteiger partial charge in [0.15, 0.2) is 5.58 Å². The van der Waals surface area contributed by atoms with E-state index in [4.69, 9.17) is 33.4 Å². The molecule has 23 heavy (non-hydrogen) atoms. The maximum absolute atomic E-state index is 6.22. The molecule has 0 radical (unpaired) electrons. The van der Waals surface area contributed by atoms with Crippen molar-refractivity contribution in [1.82, 2.24) is 19.7 Å². The molecule has 0 saturated heterocycles. The molecule has 0 saturated carbocycles. The lowest BCUT2D eigenvalue weighted by Gasteiger charge is -2.03. The lowest BCUT2D eigenvalue weighted by Crippen LogP contribution is -1.89. The van der Waals surface area contributed by atoms with Crippen LogP contribution in [0.5, 0.6) is 0 Å². The molecule has 0 unspecified atom stereocenters. The monoisotopic (exact) mass is 345 g/mol. The summed E-state index contributed by atoms with van der Waals surface area (Å²) in [6, 6.07) is 8.81. The Morgan fingerprint density at radius 2 is 1.78 bits per heavy atom. The van der Waals surface area contributed by atoms with Gasteiger partial charge in [-0.05, 0) is 30.3 Å². The average Bonchev–Trinajstić information content (AvgIpc) is 3.18. The highest BCUT2D eigenvalue weighted by molar-refractivity contribution is 6.37. The number of hydrogen-bond acceptors (Lipinski definition) is 5. The normalized spacial score (nSPS) is 11.2. The van der Waals surface area contributed by atoms with Crippen LogP contribution >= 0.6 is 23.2 Å². The molecule has 114 valence electrons. The number of nitrogen functional groups attached to an aromatic ring is 1. The van der Waals surface area contributed by atoms with Crippen molar-refractivity contribution >= 4 is 40.0 Å². The Bertz CT molecular complexity index is 1010. The Labute approximate surface area is 140 Å². The van der Waals surface area contributed by atoms with E-state index in [1.807, 2.05) is 18.2 Å². The van der Waals surface area contributed by atoms with E-state index in [1.54, 1.807) is 29.4 Å². The van der Waals surface area contributed by atoms with Crippen LogP contribution in [0.25, 0.3) is 28.2 Å². The summed E-state index contributed by atoms with van der Waals surface area (Å²) in [6.07, 6.45) is 3.22. The summed E-state index contributed by atoms with van der Waals surface area (Å²) in [7, 11) is 0. The number of oxazole rings is 1. The van der Waals surface area contributed by atoms with Gasteiger partial charge in [0, 0.05) is 0 Å². The lowest BCUT2D eigenvalue weighted by molar-refractivity contribution is 0.620. The van der Waals surface area contributed by atoms with Crippen molar-refractivity contribution in [2.75, 3.05) is 5.73 Å². The van der Waals surface area contributed by atoms with Crippen LogP contribution in [-0.4, -0.2) is 19.7 Å². The van der Waals surface area contributed by atoms with Crippen molar-refractivity contribution in [2.45, 2.75) is 0 Å². The second-order valence-electron chi connectivity index (χ2n) is 4.89. The number of nitrogens with two attached hydrogens (primary N) is 1. The molecule has 0 aliphatic carbocycles. The minimum atomic E-state index is 0.384. The van der Waals surface area contributed by atoms with Crippen molar-refractivity contribution in [3.8, 4) is 17.1 Å². The number of anilines is 1. The van der Waals surface area contributed by atoms with Crippen LogP contribution in [0.2, 0.25) is 10.0 Å². The quantitative estimate of drug-likeness (QED) is 0.556. The maximum Gasteiger partial charge on any atom is 0.228 e. The van der Waals surface area contributed by atoms with Crippen molar-refractivity contribution in [3.63, 3.8) is 0 Å². The first kappa shape index (κ1) is 14.0. The second-order valence-corrected chi connectivity index (χ2v) is 5.71. The largest absolute Gasteiger partial charge is 0.436 e. The van der Waals surface area contributed by atoms with Crippen LogP contribution in [-0.2, 0) is 0 Å². The van der Waals surface area contributed by atoms with Gasteiger partial charge in [0.2, 0.25) is 5.89 Å². The molecule has 8 heteroatoms. The van der Waals surface area contributed by atoms with E-state index < -0.39 is 0 Å². The molecular weight excluding hydrogens is 337 g/mol. The third kappa shape index (κ3) is 2.42. The van der Waals surface area contributed by atoms with Gasteiger partial charge in [-0.3, -0.25) is 4.57 Å². The molecule has 2 N–H and O–H groups in total. The van der Waals surface area contributed by atoms with Gasteiger partial charge in [0.1, 0.15) is 18.2 Å². The maximum atomic E-state index is 6.22. The van der Waals surface area contributed by atoms with E-state index in [0.29, 0.717) is 38.3 Å². The first-order valence-electron chi connectivity index (χ1n) is 6.62. The number of halogens is 2. The van der Waals surface area contributed by atoms with E-state index in [0.717, 1.165) is 5.69 Å². The molecule has 0 spiro atoms. The van der Waals surface area contributed by atoms with Gasteiger partial charge in [-0.25, -0.2) is 4.98 Å². The third-order valence-corrected chi connectivity index (χ3v) is 4.04. The minimum absolute atomic E-state index is 0.384. The zero-order chi connectivity index (χ0) is 16.0. The van der Waals surface area contributed by atoms with Crippen LogP contribution in [0, 0.1) is 0 Å². The summed E-state index contributed by atoms with van der Waals surface area (Å²) in [5.41, 5.74) is 9.05. The van der Waals surface area contributed by atoms with Crippen LogP contribution in [0.15, 0.2) is 47.4 Å². The van der Waals surface area contributed by atoms with Gasteiger partial charge in [-0.15, -0.1) is 10.2 Å². The third-order valence-electron chi connectivity index (χ3n) is 3.40. The number of benzene rings is 2. The van der Waals surface area contributed by atoms with Crippen molar-refractivity contribution in [3.05, 3.63) is 53.0 Å². The van der Waals surface area contributed by atoms with Crippen molar-refractivity contribution < 1.29 is 4.42 Å². The van der Waals surface area contributed by atoms with Gasteiger partial charge in [-0.1, -0.05) is 23.2 Å². The molecule has 0 bridgehead atoms. The molecule has 4 rings (SSSR count). The molecule has 0 fully saturated rings. The fraction of sp³-hybridized carbons (Fsp3) is 0. The highest BCUT2D eigenvalue weighted by atomic mass is 35.5. The van der Waals surface area contributed by atoms with Crippen molar-refractivity contribution in [2.24, 2.45) is 0 Å². The Balaban J connectivity index is 1.85. The number of fused-ring (bicyclic) bond motifs is 1. The molecular formula is C15H9Cl2N5O. The summed E-state index contributed by atoms with van der Waals surface area (Å²) in [5, 5.41) is 8.39. The summed E-state index contributed by atoms with van der Waals surface area (Å²) in [4.78, 5) is 4.48. The zero-order valence-corrected chi connectivity index (χ0v) is 13.1. The van der Waals surface area contributed by atoms with Gasteiger partial charge in [0.25, 0.3) is 0 Å². The van der Waals surface area contributed by atoms with E-state index in [2.05, 4.69) is 15.2 Å². The lowest BCUT2D eigenvalue weighted by atomic mass is 10.2. The number of hydrogen-bond donors (Lipinski definition) is 1. The number of aromatic nitrogens is 4. The standard InChI is InChI=1S/C15H9Cl2N5O/c16-10-5-11(17)12(18)4-9(10)15-21-13-3-8(1-2-14(13)23-15)22-6-19-20-7-22/h1-7H,18H2. The SMILES string of the molecule is Nc1cc(-c2nc3cc(-n4cnnc4)ccc3o2)c(Cl)cc1Cl. The van der Waals surface area contributed by atoms with Gasteiger partial charge >= 0.3 is 0 Å². The number of rotatable bonds is 2. The summed E-state index contributed by atoms with van der Waals surface area (Å²) in [5.74, 6) is 0.384. The molecule has 0 atom stereocenters. The van der Waals surface area contributed by atoms with Gasteiger partial charge < -0.3 is 10.2 Å². The fourth-order valence-corrected chi connectivity index (χ4v) is 2.72. The van der Waals surface area contributed by atoms with Crippen LogP contribution in [0.4, 0.5) is 5.69 Å². The van der Waals surface area contributed by atoms with E-state index in [-0.39, 0.29) is 0 Å². The topological polar surface area (TPSA) is 82.8 Å². The Hall–Kier alpha value is -2.57. The van der Waals surface area contributed by atoms with Crippen LogP contribution in [0.3, 0.4) is 0 Å². The van der Waals surface area contributed by atoms with E-state index >= 15 is 0 Å². The number of nitrogens with zero attached hydrogens (tertiary/aromatic N) is 4. The summed E-state index contributed by atoms with van der Waals surface area (Å²) in [6.45, 7) is 0. The predicted molar refractivity (Wildman–Crippen MR) is 88.8 cm³/mol. The molecule has 4 aromatic rings. The van der Waals surface area contributed by atoms with Gasteiger partial charge in [-0.2, -0.15) is 0 Å². The summed E-state index contributed by atoms with van der Waals surface area (Å²) >= 11 is 12.2. The average molecular weight is 346 g/mol. The molecule has 0 aliphatic rings. The Morgan fingerprint density at radius 3 is 2.57 bits per heavy atom. The molecule has 0 aliphatic heterocycles. The highest BCUT2D eigenvalue weighted by Gasteiger charge is 2.14. The second kappa shape index (κ2) is 5.26. The predicted octanol–water partition coefficient (Wildman–Crippen LogP) is 3.96. The van der Waals surface area contributed by atoms with E-state index in [9.17, 15) is 0 Å². The molecule has 2 aromatic carbocycles.